The zero-order chi connectivity index (χ0) is 12.3. The third-order valence-corrected chi connectivity index (χ3v) is 3.45. The van der Waals surface area contributed by atoms with Crippen LogP contribution in [-0.4, -0.2) is 22.8 Å². The lowest BCUT2D eigenvalue weighted by molar-refractivity contribution is 0.0435. The molecule has 5 nitrogen and oxygen atoms in total. The highest BCUT2D eigenvalue weighted by Crippen LogP contribution is 2.31. The molecule has 17 heavy (non-hydrogen) atoms. The Hall–Kier alpha value is -0.940. The van der Waals surface area contributed by atoms with Crippen molar-refractivity contribution in [2.75, 3.05) is 6.54 Å². The van der Waals surface area contributed by atoms with Gasteiger partial charge in [0.05, 0.1) is 6.10 Å². The van der Waals surface area contributed by atoms with Gasteiger partial charge in [-0.05, 0) is 25.7 Å². The van der Waals surface area contributed by atoms with E-state index < -0.39 is 0 Å². The standard InChI is InChI=1S/C12H21N3O2/c1-3-8(4-2)12-14-11(15-17-12)10-6-5-9(7-13)16-10/h8-10H,3-7,13H2,1-2H3. The topological polar surface area (TPSA) is 74.2 Å². The summed E-state index contributed by atoms with van der Waals surface area (Å²) in [6.45, 7) is 4.83. The number of aromatic nitrogens is 2. The minimum atomic E-state index is -0.0320. The highest BCUT2D eigenvalue weighted by atomic mass is 16.5. The first-order valence-corrected chi connectivity index (χ1v) is 6.47. The lowest BCUT2D eigenvalue weighted by Gasteiger charge is -2.08. The van der Waals surface area contributed by atoms with Crippen LogP contribution in [0.1, 0.15) is 63.3 Å². The lowest BCUT2D eigenvalue weighted by Crippen LogP contribution is -2.19. The first kappa shape index (κ1) is 12.5. The summed E-state index contributed by atoms with van der Waals surface area (Å²) in [7, 11) is 0. The van der Waals surface area contributed by atoms with Crippen LogP contribution in [0.5, 0.6) is 0 Å². The molecule has 1 aliphatic rings. The van der Waals surface area contributed by atoms with E-state index in [1.807, 2.05) is 0 Å². The molecule has 0 bridgehead atoms. The Labute approximate surface area is 102 Å². The molecule has 0 amide bonds. The zero-order valence-electron chi connectivity index (χ0n) is 10.6. The first-order valence-electron chi connectivity index (χ1n) is 6.47. The van der Waals surface area contributed by atoms with Crippen molar-refractivity contribution in [1.82, 2.24) is 10.1 Å². The van der Waals surface area contributed by atoms with E-state index in [1.54, 1.807) is 0 Å². The quantitative estimate of drug-likeness (QED) is 0.852. The molecule has 96 valence electrons. The van der Waals surface area contributed by atoms with Gasteiger partial charge in [-0.25, -0.2) is 0 Å². The van der Waals surface area contributed by atoms with Gasteiger partial charge in [0.1, 0.15) is 6.10 Å². The van der Waals surface area contributed by atoms with E-state index in [2.05, 4.69) is 24.0 Å². The average molecular weight is 239 g/mol. The number of nitrogens with zero attached hydrogens (tertiary/aromatic N) is 2. The van der Waals surface area contributed by atoms with Crippen LogP contribution in [-0.2, 0) is 4.74 Å². The van der Waals surface area contributed by atoms with Gasteiger partial charge in [0.2, 0.25) is 11.7 Å². The third-order valence-electron chi connectivity index (χ3n) is 3.45. The van der Waals surface area contributed by atoms with Crippen molar-refractivity contribution < 1.29 is 9.26 Å². The summed E-state index contributed by atoms with van der Waals surface area (Å²) in [5.74, 6) is 1.79. The van der Waals surface area contributed by atoms with Gasteiger partial charge in [-0.3, -0.25) is 0 Å². The normalized spacial score (nSPS) is 24.7. The predicted molar refractivity (Wildman–Crippen MR) is 63.5 cm³/mol. The van der Waals surface area contributed by atoms with Gasteiger partial charge in [-0.1, -0.05) is 19.0 Å². The second-order valence-corrected chi connectivity index (χ2v) is 4.56. The molecule has 2 atom stereocenters. The summed E-state index contributed by atoms with van der Waals surface area (Å²) >= 11 is 0. The van der Waals surface area contributed by atoms with E-state index in [-0.39, 0.29) is 12.2 Å². The van der Waals surface area contributed by atoms with Gasteiger partial charge in [-0.2, -0.15) is 4.98 Å². The van der Waals surface area contributed by atoms with Crippen LogP contribution < -0.4 is 5.73 Å². The minimum Gasteiger partial charge on any atom is -0.366 e. The van der Waals surface area contributed by atoms with Gasteiger partial charge in [0, 0.05) is 12.5 Å². The van der Waals surface area contributed by atoms with Gasteiger partial charge in [-0.15, -0.1) is 0 Å². The van der Waals surface area contributed by atoms with Crippen LogP contribution in [0.25, 0.3) is 0 Å². The maximum Gasteiger partial charge on any atom is 0.229 e. The molecule has 2 rings (SSSR count). The van der Waals surface area contributed by atoms with Gasteiger partial charge in [0.15, 0.2) is 0 Å². The van der Waals surface area contributed by atoms with E-state index in [4.69, 9.17) is 15.0 Å². The van der Waals surface area contributed by atoms with Crippen LogP contribution in [0.4, 0.5) is 0 Å². The molecule has 2 heterocycles. The Kier molecular flexibility index (Phi) is 4.12. The fourth-order valence-corrected chi connectivity index (χ4v) is 2.25. The highest BCUT2D eigenvalue weighted by molar-refractivity contribution is 4.98. The molecule has 0 saturated carbocycles. The maximum absolute atomic E-state index is 5.75. The van der Waals surface area contributed by atoms with Crippen LogP contribution >= 0.6 is 0 Å². The molecule has 1 aliphatic heterocycles. The molecule has 2 N–H and O–H groups in total. The molecule has 0 aromatic carbocycles. The molecule has 1 saturated heterocycles. The molecule has 0 spiro atoms. The SMILES string of the molecule is CCC(CC)c1nc(C2CCC(CN)O2)no1. The monoisotopic (exact) mass is 239 g/mol. The molecule has 5 heteroatoms. The molecular formula is C12H21N3O2. The number of hydrogen-bond acceptors (Lipinski definition) is 5. The number of ether oxygens (including phenoxy) is 1. The summed E-state index contributed by atoms with van der Waals surface area (Å²) in [6.07, 6.45) is 4.08. The van der Waals surface area contributed by atoms with Crippen LogP contribution in [0.3, 0.4) is 0 Å². The third kappa shape index (κ3) is 2.66. The Balaban J connectivity index is 2.03. The predicted octanol–water partition coefficient (Wildman–Crippen LogP) is 2.15. The molecule has 0 radical (unpaired) electrons. The number of rotatable bonds is 5. The van der Waals surface area contributed by atoms with Crippen LogP contribution in [0.15, 0.2) is 4.52 Å². The number of nitrogens with two attached hydrogens (primary N) is 1. The second kappa shape index (κ2) is 5.60. The van der Waals surface area contributed by atoms with Gasteiger partial charge in [0.25, 0.3) is 0 Å². The first-order chi connectivity index (χ1) is 8.28. The molecule has 1 aromatic heterocycles. The van der Waals surface area contributed by atoms with E-state index in [0.717, 1.165) is 31.6 Å². The summed E-state index contributed by atoms with van der Waals surface area (Å²) < 4.78 is 11.1. The fraction of sp³-hybridized carbons (Fsp3) is 0.833. The molecular weight excluding hydrogens is 218 g/mol. The van der Waals surface area contributed by atoms with Crippen molar-refractivity contribution in [2.24, 2.45) is 5.73 Å². The van der Waals surface area contributed by atoms with Gasteiger partial charge < -0.3 is 15.0 Å². The van der Waals surface area contributed by atoms with Crippen molar-refractivity contribution in [3.05, 3.63) is 11.7 Å². The maximum atomic E-state index is 5.75. The largest absolute Gasteiger partial charge is 0.366 e. The molecule has 2 unspecified atom stereocenters. The van der Waals surface area contributed by atoms with Crippen molar-refractivity contribution >= 4 is 0 Å². The lowest BCUT2D eigenvalue weighted by atomic mass is 10.0. The summed E-state index contributed by atoms with van der Waals surface area (Å²) in [6, 6.07) is 0. The van der Waals surface area contributed by atoms with E-state index in [0.29, 0.717) is 18.3 Å². The van der Waals surface area contributed by atoms with Crippen molar-refractivity contribution in [1.29, 1.82) is 0 Å². The van der Waals surface area contributed by atoms with Crippen molar-refractivity contribution in [3.8, 4) is 0 Å². The minimum absolute atomic E-state index is 0.0320. The summed E-state index contributed by atoms with van der Waals surface area (Å²) in [4.78, 5) is 4.46. The molecule has 1 aromatic rings. The zero-order valence-corrected chi connectivity index (χ0v) is 10.6. The second-order valence-electron chi connectivity index (χ2n) is 4.56. The number of hydrogen-bond donors (Lipinski definition) is 1. The fourth-order valence-electron chi connectivity index (χ4n) is 2.25. The highest BCUT2D eigenvalue weighted by Gasteiger charge is 2.29. The average Bonchev–Trinajstić information content (AvgIpc) is 2.98. The summed E-state index contributed by atoms with van der Waals surface area (Å²) in [5.41, 5.74) is 5.58. The van der Waals surface area contributed by atoms with Crippen LogP contribution in [0, 0.1) is 0 Å². The van der Waals surface area contributed by atoms with Gasteiger partial charge >= 0.3 is 0 Å². The Morgan fingerprint density at radius 2 is 2.12 bits per heavy atom. The Bertz CT molecular complexity index is 349. The molecule has 0 aliphatic carbocycles. The Morgan fingerprint density at radius 3 is 2.71 bits per heavy atom. The van der Waals surface area contributed by atoms with E-state index in [9.17, 15) is 0 Å². The Morgan fingerprint density at radius 1 is 1.35 bits per heavy atom. The van der Waals surface area contributed by atoms with Crippen molar-refractivity contribution in [2.45, 2.75) is 57.7 Å². The van der Waals surface area contributed by atoms with Crippen LogP contribution in [0.2, 0.25) is 0 Å². The summed E-state index contributed by atoms with van der Waals surface area (Å²) in [5, 5.41) is 4.03. The van der Waals surface area contributed by atoms with E-state index >= 15 is 0 Å². The van der Waals surface area contributed by atoms with E-state index in [1.165, 1.54) is 0 Å². The smallest absolute Gasteiger partial charge is 0.229 e. The van der Waals surface area contributed by atoms with Crippen molar-refractivity contribution in [3.63, 3.8) is 0 Å². The molecule has 1 fully saturated rings.